The van der Waals surface area contributed by atoms with E-state index in [1.807, 2.05) is 0 Å². The number of benzene rings is 1. The Bertz CT molecular complexity index is 701. The van der Waals surface area contributed by atoms with Crippen LogP contribution >= 0.6 is 11.6 Å². The number of nitro groups is 1. The molecule has 8 nitrogen and oxygen atoms in total. The van der Waals surface area contributed by atoms with Crippen LogP contribution in [0, 0.1) is 10.1 Å². The molecule has 0 amide bonds. The molecule has 0 saturated carbocycles. The summed E-state index contributed by atoms with van der Waals surface area (Å²) in [5.74, 6) is -0.294. The summed E-state index contributed by atoms with van der Waals surface area (Å²) in [5.41, 5.74) is 9.00. The number of nitrogen functional groups attached to an aromatic ring is 1. The van der Waals surface area contributed by atoms with E-state index in [0.717, 1.165) is 11.9 Å². The highest BCUT2D eigenvalue weighted by Gasteiger charge is 2.20. The molecular formula is C12H11ClN6O2. The van der Waals surface area contributed by atoms with Gasteiger partial charge in [-0.1, -0.05) is 23.7 Å². The maximum absolute atomic E-state index is 10.9. The van der Waals surface area contributed by atoms with Crippen molar-refractivity contribution in [2.24, 2.45) is 5.10 Å². The standard InChI is InChI=1S/C12H11ClN6O2/c1-7(8-2-4-9(13)5-3-8)17-18-12-10(19(20)21)11(14)15-6-16-12/h2-6H,1H3,(H3,14,15,16,18). The van der Waals surface area contributed by atoms with E-state index in [0.29, 0.717) is 10.7 Å². The van der Waals surface area contributed by atoms with Gasteiger partial charge in [0.1, 0.15) is 6.33 Å². The molecule has 0 fully saturated rings. The number of nitrogens with zero attached hydrogens (tertiary/aromatic N) is 4. The van der Waals surface area contributed by atoms with Crippen LogP contribution < -0.4 is 11.2 Å². The Morgan fingerprint density at radius 3 is 2.67 bits per heavy atom. The summed E-state index contributed by atoms with van der Waals surface area (Å²) in [4.78, 5) is 17.6. The van der Waals surface area contributed by atoms with Crippen LogP contribution in [-0.4, -0.2) is 20.6 Å². The summed E-state index contributed by atoms with van der Waals surface area (Å²) < 4.78 is 0. The first kappa shape index (κ1) is 14.7. The van der Waals surface area contributed by atoms with Gasteiger partial charge in [-0.2, -0.15) is 5.10 Å². The minimum absolute atomic E-state index is 0.0687. The number of aromatic nitrogens is 2. The van der Waals surface area contributed by atoms with Gasteiger partial charge in [-0.05, 0) is 24.6 Å². The zero-order valence-corrected chi connectivity index (χ0v) is 11.7. The predicted molar refractivity (Wildman–Crippen MR) is 80.4 cm³/mol. The van der Waals surface area contributed by atoms with Gasteiger partial charge in [0.15, 0.2) is 0 Å². The van der Waals surface area contributed by atoms with E-state index in [9.17, 15) is 10.1 Å². The van der Waals surface area contributed by atoms with Gasteiger partial charge in [0.05, 0.1) is 10.6 Å². The molecule has 108 valence electrons. The fourth-order valence-electron chi connectivity index (χ4n) is 1.55. The Kier molecular flexibility index (Phi) is 4.29. The highest BCUT2D eigenvalue weighted by Crippen LogP contribution is 2.26. The summed E-state index contributed by atoms with van der Waals surface area (Å²) in [6.45, 7) is 1.74. The molecule has 0 saturated heterocycles. The normalized spacial score (nSPS) is 11.2. The molecule has 1 aromatic heterocycles. The van der Waals surface area contributed by atoms with Gasteiger partial charge in [-0.15, -0.1) is 0 Å². The second-order valence-electron chi connectivity index (χ2n) is 4.03. The average molecular weight is 307 g/mol. The van der Waals surface area contributed by atoms with Gasteiger partial charge < -0.3 is 5.73 Å². The monoisotopic (exact) mass is 306 g/mol. The molecule has 0 aliphatic rings. The zero-order chi connectivity index (χ0) is 15.4. The van der Waals surface area contributed by atoms with Crippen LogP contribution in [0.3, 0.4) is 0 Å². The van der Waals surface area contributed by atoms with Crippen molar-refractivity contribution in [1.29, 1.82) is 0 Å². The lowest BCUT2D eigenvalue weighted by Gasteiger charge is -2.04. The summed E-state index contributed by atoms with van der Waals surface area (Å²) in [5, 5.41) is 15.6. The van der Waals surface area contributed by atoms with Crippen molar-refractivity contribution in [2.75, 3.05) is 11.2 Å². The Hall–Kier alpha value is -2.74. The fourth-order valence-corrected chi connectivity index (χ4v) is 1.67. The second kappa shape index (κ2) is 6.14. The Labute approximate surface area is 124 Å². The maximum Gasteiger partial charge on any atom is 0.354 e. The quantitative estimate of drug-likeness (QED) is 0.508. The Balaban J connectivity index is 2.27. The van der Waals surface area contributed by atoms with E-state index in [1.165, 1.54) is 0 Å². The lowest BCUT2D eigenvalue weighted by atomic mass is 10.1. The van der Waals surface area contributed by atoms with Crippen molar-refractivity contribution in [2.45, 2.75) is 6.92 Å². The molecule has 1 aromatic carbocycles. The van der Waals surface area contributed by atoms with Gasteiger partial charge >= 0.3 is 5.69 Å². The Morgan fingerprint density at radius 1 is 1.38 bits per heavy atom. The molecule has 0 radical (unpaired) electrons. The molecule has 1 heterocycles. The number of nitrogens with two attached hydrogens (primary N) is 1. The van der Waals surface area contributed by atoms with Crippen molar-refractivity contribution in [3.05, 3.63) is 51.3 Å². The number of anilines is 2. The lowest BCUT2D eigenvalue weighted by molar-refractivity contribution is -0.383. The van der Waals surface area contributed by atoms with Crippen molar-refractivity contribution in [1.82, 2.24) is 9.97 Å². The number of hydrazone groups is 1. The molecule has 0 unspecified atom stereocenters. The summed E-state index contributed by atoms with van der Waals surface area (Å²) >= 11 is 5.80. The average Bonchev–Trinajstić information content (AvgIpc) is 2.45. The number of hydrogen-bond acceptors (Lipinski definition) is 7. The third kappa shape index (κ3) is 3.42. The van der Waals surface area contributed by atoms with E-state index >= 15 is 0 Å². The number of hydrogen-bond donors (Lipinski definition) is 2. The van der Waals surface area contributed by atoms with Crippen molar-refractivity contribution >= 4 is 34.6 Å². The van der Waals surface area contributed by atoms with Crippen LogP contribution in [-0.2, 0) is 0 Å². The van der Waals surface area contributed by atoms with E-state index < -0.39 is 10.6 Å². The predicted octanol–water partition coefficient (Wildman–Crippen LogP) is 2.46. The third-order valence-corrected chi connectivity index (χ3v) is 2.88. The van der Waals surface area contributed by atoms with Gasteiger partial charge in [0.25, 0.3) is 0 Å². The highest BCUT2D eigenvalue weighted by atomic mass is 35.5. The van der Waals surface area contributed by atoms with E-state index in [-0.39, 0.29) is 11.6 Å². The third-order valence-electron chi connectivity index (χ3n) is 2.62. The van der Waals surface area contributed by atoms with Crippen molar-refractivity contribution in [3.8, 4) is 0 Å². The first-order valence-electron chi connectivity index (χ1n) is 5.80. The molecule has 21 heavy (non-hydrogen) atoms. The smallest absolute Gasteiger partial charge is 0.354 e. The van der Waals surface area contributed by atoms with E-state index in [4.69, 9.17) is 17.3 Å². The van der Waals surface area contributed by atoms with Crippen molar-refractivity contribution < 1.29 is 4.92 Å². The first-order chi connectivity index (χ1) is 9.99. The largest absolute Gasteiger partial charge is 0.378 e. The first-order valence-corrected chi connectivity index (χ1v) is 6.18. The minimum atomic E-state index is -0.662. The molecule has 2 aromatic rings. The molecule has 0 aliphatic carbocycles. The fraction of sp³-hybridized carbons (Fsp3) is 0.0833. The molecule has 0 spiro atoms. The molecule has 3 N–H and O–H groups in total. The van der Waals surface area contributed by atoms with Crippen LogP contribution in [0.4, 0.5) is 17.3 Å². The van der Waals surface area contributed by atoms with Crippen LogP contribution in [0.1, 0.15) is 12.5 Å². The topological polar surface area (TPSA) is 119 Å². The van der Waals surface area contributed by atoms with Crippen LogP contribution in [0.5, 0.6) is 0 Å². The molecule has 2 rings (SSSR count). The van der Waals surface area contributed by atoms with Crippen molar-refractivity contribution in [3.63, 3.8) is 0 Å². The molecule has 0 atom stereocenters. The van der Waals surface area contributed by atoms with E-state index in [1.54, 1.807) is 31.2 Å². The molecule has 0 bridgehead atoms. The lowest BCUT2D eigenvalue weighted by Crippen LogP contribution is -2.06. The molecular weight excluding hydrogens is 296 g/mol. The number of rotatable bonds is 4. The SMILES string of the molecule is CC(=NNc1ncnc(N)c1[N+](=O)[O-])c1ccc(Cl)cc1. The summed E-state index contributed by atoms with van der Waals surface area (Å²) in [6, 6.07) is 7.01. The van der Waals surface area contributed by atoms with Crippen LogP contribution in [0.2, 0.25) is 5.02 Å². The van der Waals surface area contributed by atoms with Crippen LogP contribution in [0.25, 0.3) is 0 Å². The van der Waals surface area contributed by atoms with Crippen LogP contribution in [0.15, 0.2) is 35.7 Å². The van der Waals surface area contributed by atoms with Gasteiger partial charge in [-0.3, -0.25) is 15.5 Å². The highest BCUT2D eigenvalue weighted by molar-refractivity contribution is 6.30. The second-order valence-corrected chi connectivity index (χ2v) is 4.47. The van der Waals surface area contributed by atoms with Gasteiger partial charge in [-0.25, -0.2) is 9.97 Å². The zero-order valence-electron chi connectivity index (χ0n) is 10.9. The van der Waals surface area contributed by atoms with Gasteiger partial charge in [0.2, 0.25) is 11.6 Å². The minimum Gasteiger partial charge on any atom is -0.378 e. The Morgan fingerprint density at radius 2 is 2.05 bits per heavy atom. The maximum atomic E-state index is 10.9. The molecule has 0 aliphatic heterocycles. The summed E-state index contributed by atoms with van der Waals surface area (Å²) in [7, 11) is 0. The number of nitrogens with one attached hydrogen (secondary N) is 1. The van der Waals surface area contributed by atoms with Gasteiger partial charge in [0, 0.05) is 5.02 Å². The molecule has 9 heteroatoms. The summed E-state index contributed by atoms with van der Waals surface area (Å²) in [6.07, 6.45) is 1.12. The van der Waals surface area contributed by atoms with E-state index in [2.05, 4.69) is 20.5 Å². The number of halogens is 1.